The number of hydrogen-bond acceptors (Lipinski definition) is 3. The smallest absolute Gasteiger partial charge is 0.0546 e. The Morgan fingerprint density at radius 3 is 2.67 bits per heavy atom. The molecule has 18 heavy (non-hydrogen) atoms. The van der Waals surface area contributed by atoms with Crippen molar-refractivity contribution in [2.24, 2.45) is 11.3 Å². The lowest BCUT2D eigenvalue weighted by Gasteiger charge is -2.41. The summed E-state index contributed by atoms with van der Waals surface area (Å²) in [5, 5.41) is 3.37. The molecule has 0 spiro atoms. The Kier molecular flexibility index (Phi) is 7.20. The highest BCUT2D eigenvalue weighted by molar-refractivity contribution is 4.87. The second kappa shape index (κ2) is 8.13. The average Bonchev–Trinajstić information content (AvgIpc) is 2.39. The Bertz CT molecular complexity index is 209. The molecule has 0 aliphatic carbocycles. The SMILES string of the molecule is CCC(C)CN(CC)CC1(CNC)CCCOC1. The lowest BCUT2D eigenvalue weighted by Crippen LogP contribution is -2.49. The number of rotatable bonds is 8. The second-order valence-electron chi connectivity index (χ2n) is 6.03. The fourth-order valence-electron chi connectivity index (χ4n) is 2.95. The van der Waals surface area contributed by atoms with Crippen LogP contribution in [0.5, 0.6) is 0 Å². The highest BCUT2D eigenvalue weighted by atomic mass is 16.5. The van der Waals surface area contributed by atoms with E-state index in [0.717, 1.165) is 32.2 Å². The van der Waals surface area contributed by atoms with Gasteiger partial charge in [-0.1, -0.05) is 27.2 Å². The Hall–Kier alpha value is -0.120. The number of nitrogens with one attached hydrogen (secondary N) is 1. The third-order valence-electron chi connectivity index (χ3n) is 4.23. The van der Waals surface area contributed by atoms with Crippen LogP contribution in [0.4, 0.5) is 0 Å². The minimum atomic E-state index is 0.330. The highest BCUT2D eigenvalue weighted by Gasteiger charge is 2.34. The molecule has 1 fully saturated rings. The Labute approximate surface area is 113 Å². The predicted molar refractivity (Wildman–Crippen MR) is 78.0 cm³/mol. The first-order valence-corrected chi connectivity index (χ1v) is 7.60. The third-order valence-corrected chi connectivity index (χ3v) is 4.23. The van der Waals surface area contributed by atoms with Gasteiger partial charge in [-0.05, 0) is 32.4 Å². The molecule has 0 saturated carbocycles. The molecular formula is C15H32N2O. The molecule has 0 bridgehead atoms. The van der Waals surface area contributed by atoms with Crippen LogP contribution in [0, 0.1) is 11.3 Å². The summed E-state index contributed by atoms with van der Waals surface area (Å²) in [5.41, 5.74) is 0.330. The molecule has 108 valence electrons. The van der Waals surface area contributed by atoms with Crippen molar-refractivity contribution >= 4 is 0 Å². The van der Waals surface area contributed by atoms with Crippen LogP contribution in [0.3, 0.4) is 0 Å². The van der Waals surface area contributed by atoms with E-state index in [4.69, 9.17) is 4.74 Å². The van der Waals surface area contributed by atoms with Crippen molar-refractivity contribution in [3.05, 3.63) is 0 Å². The normalized spacial score (nSPS) is 26.5. The number of nitrogens with zero attached hydrogens (tertiary/aromatic N) is 1. The van der Waals surface area contributed by atoms with Gasteiger partial charge in [-0.15, -0.1) is 0 Å². The van der Waals surface area contributed by atoms with Crippen molar-refractivity contribution in [3.63, 3.8) is 0 Å². The van der Waals surface area contributed by atoms with Gasteiger partial charge >= 0.3 is 0 Å². The summed E-state index contributed by atoms with van der Waals surface area (Å²) < 4.78 is 5.75. The molecule has 1 aliphatic rings. The fraction of sp³-hybridized carbons (Fsp3) is 1.00. The lowest BCUT2D eigenvalue weighted by atomic mass is 9.81. The standard InChI is InChI=1S/C15H32N2O/c1-5-14(3)10-17(6-2)12-15(11-16-4)8-7-9-18-13-15/h14,16H,5-13H2,1-4H3. The van der Waals surface area contributed by atoms with E-state index in [1.807, 2.05) is 0 Å². The van der Waals surface area contributed by atoms with Crippen LogP contribution in [-0.4, -0.2) is 51.3 Å². The molecule has 1 aliphatic heterocycles. The summed E-state index contributed by atoms with van der Waals surface area (Å²) in [6.45, 7) is 13.4. The van der Waals surface area contributed by atoms with Crippen LogP contribution in [0.15, 0.2) is 0 Å². The molecule has 1 rings (SSSR count). The van der Waals surface area contributed by atoms with Crippen molar-refractivity contribution in [1.82, 2.24) is 10.2 Å². The molecular weight excluding hydrogens is 224 g/mol. The predicted octanol–water partition coefficient (Wildman–Crippen LogP) is 2.37. The van der Waals surface area contributed by atoms with Gasteiger partial charge in [0.1, 0.15) is 0 Å². The second-order valence-corrected chi connectivity index (χ2v) is 6.03. The van der Waals surface area contributed by atoms with Crippen molar-refractivity contribution in [2.75, 3.05) is 46.4 Å². The van der Waals surface area contributed by atoms with Gasteiger partial charge < -0.3 is 15.0 Å². The highest BCUT2D eigenvalue weighted by Crippen LogP contribution is 2.29. The van der Waals surface area contributed by atoms with E-state index in [0.29, 0.717) is 5.41 Å². The Morgan fingerprint density at radius 2 is 2.17 bits per heavy atom. The molecule has 3 nitrogen and oxygen atoms in total. The Balaban J connectivity index is 2.56. The van der Waals surface area contributed by atoms with E-state index in [1.165, 1.54) is 32.4 Å². The van der Waals surface area contributed by atoms with Gasteiger partial charge in [0, 0.05) is 31.7 Å². The molecule has 0 aromatic heterocycles. The van der Waals surface area contributed by atoms with Crippen molar-refractivity contribution in [3.8, 4) is 0 Å². The van der Waals surface area contributed by atoms with Crippen molar-refractivity contribution < 1.29 is 4.74 Å². The van der Waals surface area contributed by atoms with Crippen LogP contribution in [0.2, 0.25) is 0 Å². The molecule has 0 amide bonds. The molecule has 3 heteroatoms. The zero-order valence-electron chi connectivity index (χ0n) is 12.8. The van der Waals surface area contributed by atoms with Crippen molar-refractivity contribution in [1.29, 1.82) is 0 Å². The van der Waals surface area contributed by atoms with Gasteiger partial charge in [0.25, 0.3) is 0 Å². The summed E-state index contributed by atoms with van der Waals surface area (Å²) in [5.74, 6) is 0.793. The lowest BCUT2D eigenvalue weighted by molar-refractivity contribution is -0.0264. The van der Waals surface area contributed by atoms with Crippen LogP contribution in [0.25, 0.3) is 0 Å². The zero-order chi connectivity index (χ0) is 13.4. The summed E-state index contributed by atoms with van der Waals surface area (Å²) in [7, 11) is 2.06. The van der Waals surface area contributed by atoms with E-state index in [1.54, 1.807) is 0 Å². The van der Waals surface area contributed by atoms with Gasteiger partial charge in [0.05, 0.1) is 6.61 Å². The van der Waals surface area contributed by atoms with E-state index in [2.05, 4.69) is 38.0 Å². The molecule has 1 N–H and O–H groups in total. The fourth-order valence-corrected chi connectivity index (χ4v) is 2.95. The first kappa shape index (κ1) is 15.9. The molecule has 0 aromatic carbocycles. The molecule has 0 aromatic rings. The van der Waals surface area contributed by atoms with Crippen LogP contribution in [-0.2, 0) is 4.74 Å². The van der Waals surface area contributed by atoms with E-state index in [9.17, 15) is 0 Å². The van der Waals surface area contributed by atoms with Gasteiger partial charge in [-0.3, -0.25) is 0 Å². The molecule has 0 radical (unpaired) electrons. The summed E-state index contributed by atoms with van der Waals surface area (Å²) in [6, 6.07) is 0. The maximum Gasteiger partial charge on any atom is 0.0546 e. The van der Waals surface area contributed by atoms with Gasteiger partial charge in [-0.2, -0.15) is 0 Å². The summed E-state index contributed by atoms with van der Waals surface area (Å²) in [4.78, 5) is 2.61. The van der Waals surface area contributed by atoms with Gasteiger partial charge in [0.15, 0.2) is 0 Å². The van der Waals surface area contributed by atoms with Crippen molar-refractivity contribution in [2.45, 2.75) is 40.0 Å². The Morgan fingerprint density at radius 1 is 1.39 bits per heavy atom. The van der Waals surface area contributed by atoms with Gasteiger partial charge in [0.2, 0.25) is 0 Å². The maximum atomic E-state index is 5.75. The maximum absolute atomic E-state index is 5.75. The third kappa shape index (κ3) is 4.87. The van der Waals surface area contributed by atoms with Crippen LogP contribution >= 0.6 is 0 Å². The zero-order valence-corrected chi connectivity index (χ0v) is 12.8. The monoisotopic (exact) mass is 256 g/mol. The van der Waals surface area contributed by atoms with E-state index in [-0.39, 0.29) is 0 Å². The topological polar surface area (TPSA) is 24.5 Å². The molecule has 2 unspecified atom stereocenters. The molecule has 1 saturated heterocycles. The van der Waals surface area contributed by atoms with E-state index >= 15 is 0 Å². The first-order valence-electron chi connectivity index (χ1n) is 7.60. The first-order chi connectivity index (χ1) is 8.65. The minimum absolute atomic E-state index is 0.330. The summed E-state index contributed by atoms with van der Waals surface area (Å²) >= 11 is 0. The molecule has 2 atom stereocenters. The van der Waals surface area contributed by atoms with E-state index < -0.39 is 0 Å². The van der Waals surface area contributed by atoms with Crippen LogP contribution < -0.4 is 5.32 Å². The van der Waals surface area contributed by atoms with Crippen LogP contribution in [0.1, 0.15) is 40.0 Å². The molecule has 1 heterocycles. The minimum Gasteiger partial charge on any atom is -0.381 e. The number of ether oxygens (including phenoxy) is 1. The summed E-state index contributed by atoms with van der Waals surface area (Å²) in [6.07, 6.45) is 3.78. The largest absolute Gasteiger partial charge is 0.381 e. The number of hydrogen-bond donors (Lipinski definition) is 1. The quantitative estimate of drug-likeness (QED) is 0.721. The average molecular weight is 256 g/mol. The van der Waals surface area contributed by atoms with Gasteiger partial charge in [-0.25, -0.2) is 0 Å².